The zero-order valence-electron chi connectivity index (χ0n) is 11.0. The number of para-hydroxylation sites is 1. The van der Waals surface area contributed by atoms with Crippen LogP contribution in [0, 0.1) is 0 Å². The molecule has 0 amide bonds. The smallest absolute Gasteiger partial charge is 0.140 e. The second-order valence-corrected chi connectivity index (χ2v) is 4.61. The summed E-state index contributed by atoms with van der Waals surface area (Å²) in [5.41, 5.74) is 0.934. The van der Waals surface area contributed by atoms with Crippen molar-refractivity contribution in [3.8, 4) is 5.75 Å². The first kappa shape index (κ1) is 12.9. The van der Waals surface area contributed by atoms with Crippen molar-refractivity contribution in [2.45, 2.75) is 18.9 Å². The lowest BCUT2D eigenvalue weighted by Gasteiger charge is -2.27. The van der Waals surface area contributed by atoms with E-state index in [4.69, 9.17) is 9.57 Å². The molecule has 0 radical (unpaired) electrons. The van der Waals surface area contributed by atoms with E-state index in [-0.39, 0.29) is 6.10 Å². The number of hydrogen-bond donors (Lipinski definition) is 0. The molecule has 1 aliphatic heterocycles. The van der Waals surface area contributed by atoms with E-state index in [2.05, 4.69) is 17.1 Å². The molecule has 4 heteroatoms. The summed E-state index contributed by atoms with van der Waals surface area (Å²) in [7, 11) is 3.77. The third kappa shape index (κ3) is 3.47. The minimum absolute atomic E-state index is 0.203. The van der Waals surface area contributed by atoms with Crippen molar-refractivity contribution in [2.75, 3.05) is 27.2 Å². The van der Waals surface area contributed by atoms with Crippen LogP contribution in [0.2, 0.25) is 0 Å². The molecule has 98 valence electrons. The molecule has 1 aromatic rings. The molecule has 0 N–H and O–H groups in total. The van der Waals surface area contributed by atoms with E-state index in [1.54, 1.807) is 13.3 Å². The molecule has 2 rings (SSSR count). The molecule has 1 saturated heterocycles. The van der Waals surface area contributed by atoms with Gasteiger partial charge in [-0.3, -0.25) is 0 Å². The highest BCUT2D eigenvalue weighted by Crippen LogP contribution is 2.16. The van der Waals surface area contributed by atoms with Gasteiger partial charge in [-0.2, -0.15) is 0 Å². The topological polar surface area (TPSA) is 34.1 Å². The first-order valence-electron chi connectivity index (χ1n) is 6.30. The van der Waals surface area contributed by atoms with Crippen molar-refractivity contribution >= 4 is 6.21 Å². The lowest BCUT2D eigenvalue weighted by molar-refractivity contribution is 0.0107. The first-order chi connectivity index (χ1) is 8.79. The number of likely N-dealkylation sites (N-methyl/N-ethyl adjacent to an activating group) is 1. The molecule has 0 aliphatic carbocycles. The molecule has 1 unspecified atom stereocenters. The van der Waals surface area contributed by atoms with Crippen molar-refractivity contribution in [1.29, 1.82) is 0 Å². The van der Waals surface area contributed by atoms with Gasteiger partial charge in [0.15, 0.2) is 0 Å². The Hall–Kier alpha value is -1.55. The van der Waals surface area contributed by atoms with Gasteiger partial charge in [-0.15, -0.1) is 0 Å². The fourth-order valence-electron chi connectivity index (χ4n) is 2.15. The lowest BCUT2D eigenvalue weighted by Crippen LogP contribution is -2.36. The van der Waals surface area contributed by atoms with E-state index in [1.807, 2.05) is 24.3 Å². The molecule has 0 aromatic heterocycles. The summed E-state index contributed by atoms with van der Waals surface area (Å²) in [6.45, 7) is 2.10. The SMILES string of the molecule is COc1ccccc1/C=N/OC1CCCN(C)C1. The molecule has 4 nitrogen and oxygen atoms in total. The number of piperidine rings is 1. The third-order valence-corrected chi connectivity index (χ3v) is 3.12. The summed E-state index contributed by atoms with van der Waals surface area (Å²) in [4.78, 5) is 7.80. The number of ether oxygens (including phenoxy) is 1. The summed E-state index contributed by atoms with van der Waals surface area (Å²) >= 11 is 0. The number of likely N-dealkylation sites (tertiary alicyclic amines) is 1. The Kier molecular flexibility index (Phi) is 4.59. The monoisotopic (exact) mass is 248 g/mol. The maximum atomic E-state index is 5.53. The standard InChI is InChI=1S/C14H20N2O2/c1-16-9-5-7-13(11-16)18-15-10-12-6-3-4-8-14(12)17-2/h3-4,6,8,10,13H,5,7,9,11H2,1-2H3/b15-10+. The van der Waals surface area contributed by atoms with Crippen LogP contribution in [0.1, 0.15) is 18.4 Å². The predicted octanol–water partition coefficient (Wildman–Crippen LogP) is 2.14. The van der Waals surface area contributed by atoms with Gasteiger partial charge in [0.25, 0.3) is 0 Å². The molecule has 0 spiro atoms. The number of benzene rings is 1. The van der Waals surface area contributed by atoms with E-state index in [1.165, 1.54) is 6.42 Å². The minimum atomic E-state index is 0.203. The van der Waals surface area contributed by atoms with Crippen LogP contribution in [-0.4, -0.2) is 44.5 Å². The van der Waals surface area contributed by atoms with Gasteiger partial charge < -0.3 is 14.5 Å². The predicted molar refractivity (Wildman–Crippen MR) is 72.2 cm³/mol. The van der Waals surface area contributed by atoms with Gasteiger partial charge in [0.1, 0.15) is 11.9 Å². The van der Waals surface area contributed by atoms with E-state index >= 15 is 0 Å². The quantitative estimate of drug-likeness (QED) is 0.604. The van der Waals surface area contributed by atoms with Crippen LogP contribution >= 0.6 is 0 Å². The molecule has 18 heavy (non-hydrogen) atoms. The highest BCUT2D eigenvalue weighted by molar-refractivity contribution is 5.82. The molecule has 1 fully saturated rings. The molecular weight excluding hydrogens is 228 g/mol. The van der Waals surface area contributed by atoms with Crippen LogP contribution in [0.4, 0.5) is 0 Å². The normalized spacial score (nSPS) is 21.1. The Labute approximate surface area is 108 Å². The van der Waals surface area contributed by atoms with E-state index in [0.717, 1.165) is 30.8 Å². The minimum Gasteiger partial charge on any atom is -0.496 e. The molecule has 1 aliphatic rings. The zero-order valence-corrected chi connectivity index (χ0v) is 11.0. The summed E-state index contributed by atoms with van der Waals surface area (Å²) in [5.74, 6) is 0.811. The van der Waals surface area contributed by atoms with Crippen molar-refractivity contribution in [2.24, 2.45) is 5.16 Å². The van der Waals surface area contributed by atoms with Gasteiger partial charge in [0.2, 0.25) is 0 Å². The maximum absolute atomic E-state index is 5.53. The highest BCUT2D eigenvalue weighted by atomic mass is 16.6. The Balaban J connectivity index is 1.90. The van der Waals surface area contributed by atoms with Gasteiger partial charge >= 0.3 is 0 Å². The van der Waals surface area contributed by atoms with Gasteiger partial charge in [0, 0.05) is 12.1 Å². The van der Waals surface area contributed by atoms with Crippen molar-refractivity contribution in [3.63, 3.8) is 0 Å². The number of nitrogens with zero attached hydrogens (tertiary/aromatic N) is 2. The van der Waals surface area contributed by atoms with Gasteiger partial charge in [0.05, 0.1) is 13.3 Å². The third-order valence-electron chi connectivity index (χ3n) is 3.12. The molecule has 1 aromatic carbocycles. The summed E-state index contributed by atoms with van der Waals surface area (Å²) in [6, 6.07) is 7.76. The van der Waals surface area contributed by atoms with E-state index in [9.17, 15) is 0 Å². The largest absolute Gasteiger partial charge is 0.496 e. The lowest BCUT2D eigenvalue weighted by atomic mass is 10.1. The number of oxime groups is 1. The van der Waals surface area contributed by atoms with Crippen LogP contribution in [0.3, 0.4) is 0 Å². The van der Waals surface area contributed by atoms with Gasteiger partial charge in [-0.1, -0.05) is 17.3 Å². The Morgan fingerprint density at radius 2 is 2.22 bits per heavy atom. The first-order valence-corrected chi connectivity index (χ1v) is 6.30. The van der Waals surface area contributed by atoms with Gasteiger partial charge in [-0.05, 0) is 38.6 Å². The summed E-state index contributed by atoms with van der Waals surface area (Å²) in [5, 5.41) is 4.08. The van der Waals surface area contributed by atoms with Crippen LogP contribution in [0.15, 0.2) is 29.4 Å². The van der Waals surface area contributed by atoms with Crippen LogP contribution < -0.4 is 4.74 Å². The molecule has 0 bridgehead atoms. The number of methoxy groups -OCH3 is 1. The number of rotatable bonds is 4. The average Bonchev–Trinajstić information content (AvgIpc) is 2.39. The van der Waals surface area contributed by atoms with Gasteiger partial charge in [-0.25, -0.2) is 0 Å². The Bertz CT molecular complexity index is 407. The zero-order chi connectivity index (χ0) is 12.8. The van der Waals surface area contributed by atoms with Crippen molar-refractivity contribution in [1.82, 2.24) is 4.90 Å². The Morgan fingerprint density at radius 3 is 3.00 bits per heavy atom. The van der Waals surface area contributed by atoms with Crippen molar-refractivity contribution < 1.29 is 9.57 Å². The molecule has 1 heterocycles. The van der Waals surface area contributed by atoms with Crippen LogP contribution in [0.25, 0.3) is 0 Å². The highest BCUT2D eigenvalue weighted by Gasteiger charge is 2.17. The fraction of sp³-hybridized carbons (Fsp3) is 0.500. The van der Waals surface area contributed by atoms with Crippen molar-refractivity contribution in [3.05, 3.63) is 29.8 Å². The van der Waals surface area contributed by atoms with E-state index < -0.39 is 0 Å². The second-order valence-electron chi connectivity index (χ2n) is 4.61. The number of hydrogen-bond acceptors (Lipinski definition) is 4. The fourth-order valence-corrected chi connectivity index (χ4v) is 2.15. The average molecular weight is 248 g/mol. The van der Waals surface area contributed by atoms with Crippen LogP contribution in [0.5, 0.6) is 5.75 Å². The summed E-state index contributed by atoms with van der Waals surface area (Å²) < 4.78 is 5.25. The summed E-state index contributed by atoms with van der Waals surface area (Å²) in [6.07, 6.45) is 4.17. The maximum Gasteiger partial charge on any atom is 0.140 e. The van der Waals surface area contributed by atoms with Crippen LogP contribution in [-0.2, 0) is 4.84 Å². The molecule has 0 saturated carbocycles. The second kappa shape index (κ2) is 6.40. The molecular formula is C14H20N2O2. The Morgan fingerprint density at radius 1 is 1.39 bits per heavy atom. The van der Waals surface area contributed by atoms with E-state index in [0.29, 0.717) is 0 Å². The molecule has 1 atom stereocenters.